The van der Waals surface area contributed by atoms with Gasteiger partial charge in [0.15, 0.2) is 0 Å². The third-order valence-corrected chi connectivity index (χ3v) is 7.07. The summed E-state index contributed by atoms with van der Waals surface area (Å²) < 4.78 is 5.96. The van der Waals surface area contributed by atoms with Crippen LogP contribution in [0.2, 0.25) is 0 Å². The molecule has 0 aromatic rings. The van der Waals surface area contributed by atoms with Crippen molar-refractivity contribution in [2.24, 2.45) is 16.7 Å². The van der Waals surface area contributed by atoms with E-state index < -0.39 is 11.0 Å². The van der Waals surface area contributed by atoms with Gasteiger partial charge < -0.3 is 9.63 Å². The van der Waals surface area contributed by atoms with E-state index in [4.69, 9.17) is 4.52 Å². The van der Waals surface area contributed by atoms with Crippen LogP contribution >= 0.6 is 17.4 Å². The van der Waals surface area contributed by atoms with Crippen molar-refractivity contribution in [1.82, 2.24) is 0 Å². The van der Waals surface area contributed by atoms with Gasteiger partial charge >= 0.3 is 0 Å². The average molecular weight is 314 g/mol. The van der Waals surface area contributed by atoms with Crippen molar-refractivity contribution < 1.29 is 14.4 Å². The van der Waals surface area contributed by atoms with Crippen molar-refractivity contribution in [3.63, 3.8) is 0 Å². The van der Waals surface area contributed by atoms with E-state index in [0.717, 1.165) is 6.42 Å². The van der Waals surface area contributed by atoms with E-state index in [2.05, 4.69) is 35.8 Å². The molecular weight excluding hydrogens is 290 g/mol. The predicted octanol–water partition coefficient (Wildman–Crippen LogP) is 3.23. The molecule has 6 atom stereocenters. The second kappa shape index (κ2) is 4.59. The summed E-state index contributed by atoms with van der Waals surface area (Å²) in [5, 5.41) is 11.5. The van der Waals surface area contributed by atoms with Gasteiger partial charge in [0.25, 0.3) is 0 Å². The molecule has 3 rings (SSSR count). The molecule has 112 valence electrons. The molecule has 1 N–H and O–H groups in total. The molecule has 1 spiro atoms. The maximum absolute atomic E-state index is 12.8. The number of ketones is 1. The Morgan fingerprint density at radius 2 is 2.20 bits per heavy atom. The molecule has 0 aromatic heterocycles. The lowest BCUT2D eigenvalue weighted by atomic mass is 9.59. The Hall–Kier alpha value is 0.190. The highest BCUT2D eigenvalue weighted by Crippen LogP contribution is 2.71. The van der Waals surface area contributed by atoms with Gasteiger partial charge in [-0.25, -0.2) is 0 Å². The number of Topliss-reactive ketones (excluding diaryl/α,β-unsaturated/α-hetero) is 1. The van der Waals surface area contributed by atoms with Crippen LogP contribution in [0.5, 0.6) is 0 Å². The molecule has 0 aromatic carbocycles. The summed E-state index contributed by atoms with van der Waals surface area (Å²) >= 11 is 0. The van der Waals surface area contributed by atoms with Crippen molar-refractivity contribution >= 4 is 23.2 Å². The highest BCUT2D eigenvalue weighted by Gasteiger charge is 2.77. The Kier molecular flexibility index (Phi) is 3.47. The van der Waals surface area contributed by atoms with Crippen LogP contribution in [0.25, 0.3) is 0 Å². The van der Waals surface area contributed by atoms with Gasteiger partial charge in [-0.1, -0.05) is 34.4 Å². The molecule has 0 saturated heterocycles. The van der Waals surface area contributed by atoms with Crippen LogP contribution in [0.4, 0.5) is 0 Å². The predicted molar refractivity (Wildman–Crippen MR) is 84.8 cm³/mol. The highest BCUT2D eigenvalue weighted by molar-refractivity contribution is 8.00. The number of fused-ring (bicyclic) bond motifs is 1. The van der Waals surface area contributed by atoms with E-state index in [-0.39, 0.29) is 31.7 Å². The molecule has 20 heavy (non-hydrogen) atoms. The van der Waals surface area contributed by atoms with E-state index >= 15 is 0 Å². The zero-order chi connectivity index (χ0) is 14.8. The molecule has 3 aliphatic carbocycles. The molecule has 5 heteroatoms. The number of carbonyl (C=O) groups is 1. The van der Waals surface area contributed by atoms with E-state index in [1.165, 1.54) is 5.57 Å². The molecule has 2 fully saturated rings. The van der Waals surface area contributed by atoms with Crippen LogP contribution in [-0.4, -0.2) is 22.6 Å². The van der Waals surface area contributed by atoms with Crippen LogP contribution in [0.3, 0.4) is 0 Å². The quantitative estimate of drug-likeness (QED) is 0.629. The number of allylic oxidation sites excluding steroid dienone is 2. The summed E-state index contributed by atoms with van der Waals surface area (Å²) in [6.07, 6.45) is 4.65. The van der Waals surface area contributed by atoms with E-state index in [1.807, 2.05) is 0 Å². The lowest BCUT2D eigenvalue weighted by Gasteiger charge is -2.44. The summed E-state index contributed by atoms with van der Waals surface area (Å²) in [4.78, 5) is 12.8. The molecule has 0 amide bonds. The van der Waals surface area contributed by atoms with Gasteiger partial charge in [-0.15, -0.1) is 0 Å². The van der Waals surface area contributed by atoms with Crippen LogP contribution in [0.15, 0.2) is 11.6 Å². The minimum atomic E-state index is -0.989. The smallest absolute Gasteiger partial charge is 0.143 e. The second-order valence-corrected chi connectivity index (χ2v) is 8.38. The van der Waals surface area contributed by atoms with Crippen molar-refractivity contribution in [2.75, 3.05) is 0 Å². The first-order chi connectivity index (χ1) is 9.31. The molecule has 0 aliphatic heterocycles. The number of hydrogen-bond donors (Lipinski definition) is 1. The van der Waals surface area contributed by atoms with Gasteiger partial charge in [-0.2, -0.15) is 0 Å². The zero-order valence-corrected chi connectivity index (χ0v) is 14.6. The molecule has 4 unspecified atom stereocenters. The third kappa shape index (κ3) is 1.53. The summed E-state index contributed by atoms with van der Waals surface area (Å²) in [6, 6.07) is 0. The largest absolute Gasteiger partial charge is 0.386 e. The fraction of sp³-hybridized carbons (Fsp3) is 0.800. The number of hydrogen-bond acceptors (Lipinski definition) is 3. The lowest BCUT2D eigenvalue weighted by Crippen LogP contribution is -2.53. The highest BCUT2D eigenvalue weighted by atomic mass is 32.0. The minimum absolute atomic E-state index is 0.210. The number of rotatable bonds is 2. The lowest BCUT2D eigenvalue weighted by molar-refractivity contribution is -0.148. The first kappa shape index (κ1) is 15.1. The van der Waals surface area contributed by atoms with E-state index in [9.17, 15) is 9.90 Å². The molecular formula is C15H24O3P2. The van der Waals surface area contributed by atoms with Gasteiger partial charge in [0.05, 0.1) is 11.5 Å². The van der Waals surface area contributed by atoms with E-state index in [0.29, 0.717) is 19.3 Å². The van der Waals surface area contributed by atoms with Crippen LogP contribution in [-0.2, 0) is 9.32 Å². The Morgan fingerprint density at radius 1 is 1.50 bits per heavy atom. The second-order valence-electron chi connectivity index (χ2n) is 7.20. The Bertz CT molecular complexity index is 488. The van der Waals surface area contributed by atoms with Crippen LogP contribution < -0.4 is 0 Å². The summed E-state index contributed by atoms with van der Waals surface area (Å²) in [7, 11) is 2.87. The van der Waals surface area contributed by atoms with Crippen molar-refractivity contribution in [3.8, 4) is 0 Å². The molecule has 3 aliphatic rings. The standard InChI is InChI=1S/C15H24O3P2/c1-9-4-5-10-12(18-20-19)15(17)7-6-11(16)14(15,8-9)13(10,2)3/h4,10,12,17,20H,5-8,19H2,1-3H3/t10?,12-,14?,15+/m0/s1. The Morgan fingerprint density at radius 3 is 2.85 bits per heavy atom. The summed E-state index contributed by atoms with van der Waals surface area (Å²) in [5.41, 5.74) is -0.631. The summed E-state index contributed by atoms with van der Waals surface area (Å²) in [5.74, 6) is 0.449. The van der Waals surface area contributed by atoms with Gasteiger partial charge in [0.1, 0.15) is 11.4 Å². The van der Waals surface area contributed by atoms with E-state index in [1.54, 1.807) is 0 Å². The molecule has 2 bridgehead atoms. The van der Waals surface area contributed by atoms with Gasteiger partial charge in [-0.3, -0.25) is 4.79 Å². The first-order valence-corrected chi connectivity index (χ1v) is 10.1. The van der Waals surface area contributed by atoms with Gasteiger partial charge in [0, 0.05) is 14.9 Å². The molecule has 0 heterocycles. The monoisotopic (exact) mass is 314 g/mol. The van der Waals surface area contributed by atoms with Crippen LogP contribution in [0.1, 0.15) is 46.5 Å². The SMILES string of the molecule is CC1=CCC2[C@H](OPP)[C@]3(O)CCC(=O)C3(C1)C2(C)C. The molecule has 2 saturated carbocycles. The van der Waals surface area contributed by atoms with Gasteiger partial charge in [0.2, 0.25) is 0 Å². The Balaban J connectivity index is 2.22. The third-order valence-electron chi connectivity index (χ3n) is 6.27. The molecule has 0 radical (unpaired) electrons. The molecule has 3 nitrogen and oxygen atoms in total. The summed E-state index contributed by atoms with van der Waals surface area (Å²) in [6.45, 7) is 6.41. The van der Waals surface area contributed by atoms with Crippen molar-refractivity contribution in [1.29, 1.82) is 0 Å². The first-order valence-electron chi connectivity index (χ1n) is 7.34. The number of aliphatic hydroxyl groups is 1. The maximum atomic E-state index is 12.8. The maximum Gasteiger partial charge on any atom is 0.143 e. The minimum Gasteiger partial charge on any atom is -0.386 e. The number of carbonyl (C=O) groups excluding carboxylic acids is 1. The van der Waals surface area contributed by atoms with Crippen molar-refractivity contribution in [3.05, 3.63) is 11.6 Å². The average Bonchev–Trinajstić information content (AvgIpc) is 2.64. The Labute approximate surface area is 124 Å². The normalized spacial score (nSPS) is 46.6. The van der Waals surface area contributed by atoms with Gasteiger partial charge in [-0.05, 0) is 37.5 Å². The van der Waals surface area contributed by atoms with Crippen molar-refractivity contribution in [2.45, 2.75) is 58.2 Å². The fourth-order valence-electron chi connectivity index (χ4n) is 5.27. The zero-order valence-electron chi connectivity index (χ0n) is 12.4. The fourth-order valence-corrected chi connectivity index (χ4v) is 6.22. The van der Waals surface area contributed by atoms with Crippen LogP contribution in [0, 0.1) is 16.7 Å². The topological polar surface area (TPSA) is 46.5 Å².